The molecule has 0 aliphatic carbocycles. The van der Waals surface area contributed by atoms with E-state index in [2.05, 4.69) is 152 Å². The lowest BCUT2D eigenvalue weighted by atomic mass is 9.69. The predicted molar refractivity (Wildman–Crippen MR) is 179 cm³/mol. The Bertz CT molecular complexity index is 1700. The monoisotopic (exact) mass is 566 g/mol. The zero-order valence-corrected chi connectivity index (χ0v) is 26.4. The molecule has 5 aromatic rings. The highest BCUT2D eigenvalue weighted by Crippen LogP contribution is 2.47. The van der Waals surface area contributed by atoms with E-state index in [9.17, 15) is 0 Å². The molecule has 43 heavy (non-hydrogen) atoms. The first-order chi connectivity index (χ1) is 21.1. The average Bonchev–Trinajstić information content (AvgIpc) is 3.06. The van der Waals surface area contributed by atoms with Crippen molar-refractivity contribution < 1.29 is 9.13 Å². The van der Waals surface area contributed by atoms with Crippen LogP contribution in [0.5, 0.6) is 0 Å². The SMILES string of the molecule is CCCCc1ccc2c(c1)-c1cccc[n+]1C(CC)(CC)C2CC[n+]1ccccc1-c1ccc(-c2ccccc2)cc1C. The molecule has 1 atom stereocenters. The summed E-state index contributed by atoms with van der Waals surface area (Å²) in [6.45, 7) is 10.3. The average molecular weight is 567 g/mol. The van der Waals surface area contributed by atoms with Crippen LogP contribution in [0, 0.1) is 6.92 Å². The molecule has 1 aliphatic rings. The molecule has 3 aromatic carbocycles. The van der Waals surface area contributed by atoms with Crippen molar-refractivity contribution in [2.24, 2.45) is 0 Å². The second-order valence-corrected chi connectivity index (χ2v) is 12.3. The van der Waals surface area contributed by atoms with Crippen LogP contribution in [0.2, 0.25) is 0 Å². The Labute approximate surface area is 258 Å². The molecular formula is C41H46N2+2. The maximum atomic E-state index is 2.63. The molecule has 218 valence electrons. The molecule has 0 spiro atoms. The van der Waals surface area contributed by atoms with Crippen LogP contribution >= 0.6 is 0 Å². The number of aryl methyl sites for hydroxylation is 3. The highest BCUT2D eigenvalue weighted by molar-refractivity contribution is 5.71. The number of pyridine rings is 2. The van der Waals surface area contributed by atoms with Crippen molar-refractivity contribution in [2.45, 2.75) is 84.2 Å². The number of fused-ring (bicyclic) bond motifs is 3. The van der Waals surface area contributed by atoms with Gasteiger partial charge in [0.15, 0.2) is 17.9 Å². The molecule has 1 aliphatic heterocycles. The highest BCUT2D eigenvalue weighted by Gasteiger charge is 2.51. The minimum atomic E-state index is 0.0529. The molecule has 2 aromatic heterocycles. The van der Waals surface area contributed by atoms with Gasteiger partial charge in [-0.3, -0.25) is 0 Å². The number of hydrogen-bond donors (Lipinski definition) is 0. The van der Waals surface area contributed by atoms with Gasteiger partial charge in [0, 0.05) is 49.1 Å². The van der Waals surface area contributed by atoms with E-state index in [0.29, 0.717) is 5.92 Å². The number of aromatic nitrogens is 2. The van der Waals surface area contributed by atoms with Crippen molar-refractivity contribution >= 4 is 0 Å². The van der Waals surface area contributed by atoms with Crippen molar-refractivity contribution in [3.8, 4) is 33.6 Å². The van der Waals surface area contributed by atoms with Crippen LogP contribution in [0.3, 0.4) is 0 Å². The number of benzene rings is 3. The highest BCUT2D eigenvalue weighted by atomic mass is 15.1. The first-order valence-electron chi connectivity index (χ1n) is 16.4. The van der Waals surface area contributed by atoms with E-state index in [0.717, 1.165) is 32.2 Å². The van der Waals surface area contributed by atoms with E-state index in [1.165, 1.54) is 63.2 Å². The van der Waals surface area contributed by atoms with Crippen molar-refractivity contribution in [2.75, 3.05) is 0 Å². The molecule has 2 nitrogen and oxygen atoms in total. The third kappa shape index (κ3) is 5.44. The van der Waals surface area contributed by atoms with Gasteiger partial charge in [-0.05, 0) is 71.8 Å². The Kier molecular flexibility index (Phi) is 8.56. The van der Waals surface area contributed by atoms with E-state index < -0.39 is 0 Å². The van der Waals surface area contributed by atoms with Gasteiger partial charge < -0.3 is 0 Å². The lowest BCUT2D eigenvalue weighted by Crippen LogP contribution is -2.62. The van der Waals surface area contributed by atoms with Gasteiger partial charge in [0.05, 0.1) is 11.5 Å². The zero-order valence-electron chi connectivity index (χ0n) is 26.4. The summed E-state index contributed by atoms with van der Waals surface area (Å²) in [5.41, 5.74) is 12.3. The minimum absolute atomic E-state index is 0.0529. The van der Waals surface area contributed by atoms with E-state index in [4.69, 9.17) is 0 Å². The smallest absolute Gasteiger partial charge is 0.198 e. The Morgan fingerprint density at radius 3 is 2.16 bits per heavy atom. The molecule has 0 saturated carbocycles. The van der Waals surface area contributed by atoms with Crippen molar-refractivity contribution in [1.29, 1.82) is 0 Å². The van der Waals surface area contributed by atoms with Crippen LogP contribution in [0.25, 0.3) is 33.6 Å². The van der Waals surface area contributed by atoms with Gasteiger partial charge >= 0.3 is 0 Å². The Morgan fingerprint density at radius 2 is 1.42 bits per heavy atom. The summed E-state index contributed by atoms with van der Waals surface area (Å²) < 4.78 is 5.12. The van der Waals surface area contributed by atoms with Gasteiger partial charge in [-0.2, -0.15) is 9.13 Å². The van der Waals surface area contributed by atoms with Crippen molar-refractivity contribution in [3.63, 3.8) is 0 Å². The third-order valence-electron chi connectivity index (χ3n) is 10.0. The zero-order chi connectivity index (χ0) is 29.8. The molecule has 6 rings (SSSR count). The molecule has 0 N–H and O–H groups in total. The quantitative estimate of drug-likeness (QED) is 0.149. The summed E-state index contributed by atoms with van der Waals surface area (Å²) in [5, 5.41) is 0. The molecule has 0 fully saturated rings. The third-order valence-corrected chi connectivity index (χ3v) is 10.0. The standard InChI is InChI=1S/C41H46N2/c1-5-8-16-32-21-23-36-37(30-32)40-20-13-15-27-43(40)41(6-2,7-3)38(36)25-28-42-26-14-12-19-39(42)35-24-22-34(29-31(35)4)33-17-10-9-11-18-33/h9-15,17-24,26-27,29-30,38H,5-8,16,25,28H2,1-4H3/q+2. The summed E-state index contributed by atoms with van der Waals surface area (Å²) >= 11 is 0. The maximum absolute atomic E-state index is 2.63. The fourth-order valence-electron chi connectivity index (χ4n) is 7.63. The molecule has 0 radical (unpaired) electrons. The molecule has 0 bridgehead atoms. The summed E-state index contributed by atoms with van der Waals surface area (Å²) in [6.07, 6.45) is 11.5. The van der Waals surface area contributed by atoms with Crippen LogP contribution < -0.4 is 9.13 Å². The minimum Gasteiger partial charge on any atom is -0.198 e. The molecule has 1 unspecified atom stereocenters. The maximum Gasteiger partial charge on any atom is 0.213 e. The Balaban J connectivity index is 1.37. The van der Waals surface area contributed by atoms with E-state index in [1.54, 1.807) is 0 Å². The molecule has 2 heteroatoms. The number of rotatable bonds is 10. The fraction of sp³-hybridized carbons (Fsp3) is 0.317. The number of nitrogens with zero attached hydrogens (tertiary/aromatic N) is 2. The van der Waals surface area contributed by atoms with Gasteiger partial charge in [0.2, 0.25) is 11.4 Å². The summed E-state index contributed by atoms with van der Waals surface area (Å²) in [7, 11) is 0. The first kappa shape index (κ1) is 29.1. The Hall–Kier alpha value is -4.04. The first-order valence-corrected chi connectivity index (χ1v) is 16.4. The van der Waals surface area contributed by atoms with Crippen LogP contribution in [0.1, 0.15) is 75.5 Å². The van der Waals surface area contributed by atoms with Gasteiger partial charge in [0.25, 0.3) is 0 Å². The van der Waals surface area contributed by atoms with E-state index in [-0.39, 0.29) is 5.54 Å². The summed E-state index contributed by atoms with van der Waals surface area (Å²) in [4.78, 5) is 0. The van der Waals surface area contributed by atoms with E-state index in [1.807, 2.05) is 0 Å². The van der Waals surface area contributed by atoms with Gasteiger partial charge in [-0.15, -0.1) is 0 Å². The largest absolute Gasteiger partial charge is 0.213 e. The molecule has 0 amide bonds. The van der Waals surface area contributed by atoms with Gasteiger partial charge in [0.1, 0.15) is 6.54 Å². The molecular weight excluding hydrogens is 520 g/mol. The molecule has 0 saturated heterocycles. The van der Waals surface area contributed by atoms with Gasteiger partial charge in [-0.1, -0.05) is 81.8 Å². The number of hydrogen-bond acceptors (Lipinski definition) is 0. The Morgan fingerprint density at radius 1 is 0.674 bits per heavy atom. The number of unbranched alkanes of at least 4 members (excludes halogenated alkanes) is 1. The predicted octanol–water partition coefficient (Wildman–Crippen LogP) is 9.62. The second kappa shape index (κ2) is 12.7. The lowest BCUT2D eigenvalue weighted by Gasteiger charge is -2.40. The van der Waals surface area contributed by atoms with Crippen LogP contribution in [0.15, 0.2) is 116 Å². The summed E-state index contributed by atoms with van der Waals surface area (Å²) in [6, 6.07) is 38.4. The fourth-order valence-corrected chi connectivity index (χ4v) is 7.63. The second-order valence-electron chi connectivity index (χ2n) is 12.3. The van der Waals surface area contributed by atoms with Crippen LogP contribution in [-0.4, -0.2) is 0 Å². The lowest BCUT2D eigenvalue weighted by molar-refractivity contribution is -0.765. The van der Waals surface area contributed by atoms with E-state index >= 15 is 0 Å². The summed E-state index contributed by atoms with van der Waals surface area (Å²) in [5.74, 6) is 0.430. The van der Waals surface area contributed by atoms with Crippen molar-refractivity contribution in [3.05, 3.63) is 132 Å². The molecule has 3 heterocycles. The van der Waals surface area contributed by atoms with Crippen molar-refractivity contribution in [1.82, 2.24) is 0 Å². The van der Waals surface area contributed by atoms with Gasteiger partial charge in [-0.25, -0.2) is 0 Å². The van der Waals surface area contributed by atoms with Crippen LogP contribution in [-0.2, 0) is 18.5 Å². The topological polar surface area (TPSA) is 7.76 Å². The normalized spacial score (nSPS) is 15.1. The van der Waals surface area contributed by atoms with Crippen LogP contribution in [0.4, 0.5) is 0 Å².